The molecule has 106 valence electrons. The molecule has 0 N–H and O–H groups in total. The van der Waals surface area contributed by atoms with Crippen molar-refractivity contribution in [1.82, 2.24) is 4.90 Å². The quantitative estimate of drug-likeness (QED) is 0.740. The minimum absolute atomic E-state index is 0.0664. The molecule has 0 aliphatic carbocycles. The van der Waals surface area contributed by atoms with Crippen molar-refractivity contribution >= 4 is 30.1 Å². The molecule has 0 unspecified atom stereocenters. The molecule has 1 aromatic carbocycles. The van der Waals surface area contributed by atoms with Crippen molar-refractivity contribution in [3.05, 3.63) is 29.8 Å². The zero-order chi connectivity index (χ0) is 14.9. The highest BCUT2D eigenvalue weighted by Gasteiger charge is 2.59. The van der Waals surface area contributed by atoms with Crippen LogP contribution in [0, 0.1) is 0 Å². The first kappa shape index (κ1) is 13.5. The summed E-state index contributed by atoms with van der Waals surface area (Å²) in [5.41, 5.74) is 1.46. The fourth-order valence-corrected chi connectivity index (χ4v) is 3.46. The van der Waals surface area contributed by atoms with Crippen LogP contribution in [0.15, 0.2) is 24.3 Å². The summed E-state index contributed by atoms with van der Waals surface area (Å²) < 4.78 is 0. The third-order valence-corrected chi connectivity index (χ3v) is 5.13. The molecule has 0 bridgehead atoms. The third kappa shape index (κ3) is 1.39. The highest BCUT2D eigenvalue weighted by Crippen LogP contribution is 2.49. The summed E-state index contributed by atoms with van der Waals surface area (Å²) in [4.78, 5) is 27.5. The van der Waals surface area contributed by atoms with Gasteiger partial charge in [0, 0.05) is 18.2 Å². The summed E-state index contributed by atoms with van der Waals surface area (Å²) in [6.07, 6.45) is 0. The number of carbonyl (C=O) groups is 2. The number of hydrogen-bond acceptors (Lipinski definition) is 3. The van der Waals surface area contributed by atoms with Gasteiger partial charge in [0.25, 0.3) is 5.91 Å². The monoisotopic (exact) mass is 290 g/mol. The Hall–Kier alpha value is -1.49. The molecule has 1 saturated heterocycles. The van der Waals surface area contributed by atoms with Crippen LogP contribution in [0.25, 0.3) is 0 Å². The molecule has 2 aliphatic rings. The van der Waals surface area contributed by atoms with Crippen molar-refractivity contribution < 1.29 is 9.59 Å². The smallest absolute Gasteiger partial charge is 0.263 e. The summed E-state index contributed by atoms with van der Waals surface area (Å²) in [6, 6.07) is 7.24. The average molecular weight is 290 g/mol. The number of hydrogen-bond donors (Lipinski definition) is 1. The van der Waals surface area contributed by atoms with Crippen LogP contribution in [-0.2, 0) is 15.0 Å². The van der Waals surface area contributed by atoms with Crippen LogP contribution >= 0.6 is 12.6 Å². The number of piperazine rings is 1. The van der Waals surface area contributed by atoms with Gasteiger partial charge in [-0.15, -0.1) is 12.6 Å². The van der Waals surface area contributed by atoms with Crippen LogP contribution in [0.4, 0.5) is 5.69 Å². The molecule has 2 amide bonds. The van der Waals surface area contributed by atoms with E-state index in [1.807, 2.05) is 38.1 Å². The maximum Gasteiger partial charge on any atom is 0.263 e. The summed E-state index contributed by atoms with van der Waals surface area (Å²) in [5, 5.41) is 0. The Morgan fingerprint density at radius 3 is 2.40 bits per heavy atom. The summed E-state index contributed by atoms with van der Waals surface area (Å²) in [5.74, 6) is -0.214. The zero-order valence-corrected chi connectivity index (χ0v) is 12.9. The van der Waals surface area contributed by atoms with Gasteiger partial charge in [-0.05, 0) is 18.6 Å². The largest absolute Gasteiger partial charge is 0.321 e. The lowest BCUT2D eigenvalue weighted by Crippen LogP contribution is -2.69. The Kier molecular flexibility index (Phi) is 2.55. The minimum atomic E-state index is -1.11. The third-order valence-electron chi connectivity index (χ3n) is 4.64. The second-order valence-corrected chi connectivity index (χ2v) is 7.11. The number of benzene rings is 1. The topological polar surface area (TPSA) is 40.6 Å². The van der Waals surface area contributed by atoms with Crippen molar-refractivity contribution in [2.24, 2.45) is 0 Å². The Morgan fingerprint density at radius 2 is 1.75 bits per heavy atom. The Balaban J connectivity index is 2.25. The SMILES string of the molecule is CN1C(=O)[C@H]2N(C(=O)[C@@]1(C)S)c1ccccc1C2(C)C. The van der Waals surface area contributed by atoms with E-state index in [0.29, 0.717) is 0 Å². The Bertz CT molecular complexity index is 624. The van der Waals surface area contributed by atoms with Crippen molar-refractivity contribution in [3.8, 4) is 0 Å². The molecule has 0 radical (unpaired) electrons. The molecule has 1 fully saturated rings. The van der Waals surface area contributed by atoms with E-state index in [1.165, 1.54) is 4.90 Å². The molecule has 2 heterocycles. The number of thiol groups is 1. The van der Waals surface area contributed by atoms with Gasteiger partial charge in [-0.25, -0.2) is 0 Å². The Morgan fingerprint density at radius 1 is 1.15 bits per heavy atom. The van der Waals surface area contributed by atoms with Gasteiger partial charge < -0.3 is 4.90 Å². The zero-order valence-electron chi connectivity index (χ0n) is 12.0. The summed E-state index contributed by atoms with van der Waals surface area (Å²) in [7, 11) is 1.64. The van der Waals surface area contributed by atoms with Crippen molar-refractivity contribution in [2.45, 2.75) is 37.1 Å². The van der Waals surface area contributed by atoms with Gasteiger partial charge in [-0.1, -0.05) is 32.0 Å². The van der Waals surface area contributed by atoms with E-state index in [9.17, 15) is 9.59 Å². The molecule has 0 aromatic heterocycles. The van der Waals surface area contributed by atoms with Gasteiger partial charge in [-0.2, -0.15) is 0 Å². The number of likely N-dealkylation sites (N-methyl/N-ethyl adjacent to an activating group) is 1. The molecule has 2 atom stereocenters. The van der Waals surface area contributed by atoms with Gasteiger partial charge in [0.1, 0.15) is 6.04 Å². The van der Waals surface area contributed by atoms with Gasteiger partial charge in [0.05, 0.1) is 0 Å². The lowest BCUT2D eigenvalue weighted by atomic mass is 9.79. The Labute approximate surface area is 124 Å². The van der Waals surface area contributed by atoms with Gasteiger partial charge in [0.15, 0.2) is 4.87 Å². The first-order valence-corrected chi connectivity index (χ1v) is 7.08. The van der Waals surface area contributed by atoms with Gasteiger partial charge >= 0.3 is 0 Å². The first-order valence-electron chi connectivity index (χ1n) is 6.64. The lowest BCUT2D eigenvalue weighted by Gasteiger charge is -2.47. The maximum absolute atomic E-state index is 12.8. The number of nitrogens with zero attached hydrogens (tertiary/aromatic N) is 2. The van der Waals surface area contributed by atoms with E-state index in [-0.39, 0.29) is 11.8 Å². The van der Waals surface area contributed by atoms with E-state index in [1.54, 1.807) is 18.9 Å². The van der Waals surface area contributed by atoms with Crippen LogP contribution in [0.5, 0.6) is 0 Å². The molecule has 2 aliphatic heterocycles. The van der Waals surface area contributed by atoms with Gasteiger partial charge in [0.2, 0.25) is 5.91 Å². The lowest BCUT2D eigenvalue weighted by molar-refractivity contribution is -0.146. The van der Waals surface area contributed by atoms with Crippen LogP contribution in [0.3, 0.4) is 0 Å². The maximum atomic E-state index is 12.8. The number of amides is 2. The predicted octanol–water partition coefficient (Wildman–Crippen LogP) is 1.80. The normalized spacial score (nSPS) is 31.4. The fourth-order valence-electron chi connectivity index (χ4n) is 3.25. The minimum Gasteiger partial charge on any atom is -0.321 e. The van der Waals surface area contributed by atoms with Crippen LogP contribution in [-0.4, -0.2) is 34.7 Å². The number of carbonyl (C=O) groups excluding carboxylic acids is 2. The number of anilines is 1. The number of fused-ring (bicyclic) bond motifs is 3. The van der Waals surface area contributed by atoms with Crippen LogP contribution < -0.4 is 4.90 Å². The molecular weight excluding hydrogens is 272 g/mol. The molecule has 0 saturated carbocycles. The second-order valence-electron chi connectivity index (χ2n) is 6.23. The van der Waals surface area contributed by atoms with Crippen LogP contribution in [0.1, 0.15) is 26.3 Å². The fraction of sp³-hybridized carbons (Fsp3) is 0.467. The number of rotatable bonds is 0. The molecule has 5 heteroatoms. The van der Waals surface area contributed by atoms with E-state index in [4.69, 9.17) is 0 Å². The standard InChI is InChI=1S/C15H18N2O2S/c1-14(2)9-7-5-6-8-10(9)17-11(14)12(18)16(4)15(3,20)13(17)19/h5-8,11,20H,1-4H3/t11-,15-/m1/s1. The molecule has 3 rings (SSSR count). The second kappa shape index (κ2) is 3.79. The average Bonchev–Trinajstić information content (AvgIpc) is 2.63. The first-order chi connectivity index (χ1) is 9.20. The summed E-state index contributed by atoms with van der Waals surface area (Å²) in [6.45, 7) is 5.69. The molecule has 20 heavy (non-hydrogen) atoms. The highest BCUT2D eigenvalue weighted by molar-refractivity contribution is 7.82. The molecule has 4 nitrogen and oxygen atoms in total. The van der Waals surface area contributed by atoms with Crippen LogP contribution in [0.2, 0.25) is 0 Å². The number of para-hydroxylation sites is 1. The molecule has 0 spiro atoms. The molecule has 1 aromatic rings. The summed E-state index contributed by atoms with van der Waals surface area (Å²) >= 11 is 4.41. The highest BCUT2D eigenvalue weighted by atomic mass is 32.1. The van der Waals surface area contributed by atoms with E-state index in [0.717, 1.165) is 11.3 Å². The van der Waals surface area contributed by atoms with E-state index in [2.05, 4.69) is 12.6 Å². The van der Waals surface area contributed by atoms with Gasteiger partial charge in [-0.3, -0.25) is 14.5 Å². The van der Waals surface area contributed by atoms with E-state index < -0.39 is 16.3 Å². The van der Waals surface area contributed by atoms with Crippen molar-refractivity contribution in [1.29, 1.82) is 0 Å². The van der Waals surface area contributed by atoms with E-state index >= 15 is 0 Å². The molecular formula is C15H18N2O2S. The van der Waals surface area contributed by atoms with Crippen molar-refractivity contribution in [3.63, 3.8) is 0 Å². The van der Waals surface area contributed by atoms with Crippen molar-refractivity contribution in [2.75, 3.05) is 11.9 Å². The predicted molar refractivity (Wildman–Crippen MR) is 80.9 cm³/mol.